The maximum absolute atomic E-state index is 13.0. The lowest BCUT2D eigenvalue weighted by atomic mass is 9.87. The Morgan fingerprint density at radius 1 is 0.938 bits per heavy atom. The molecule has 6 nitrogen and oxygen atoms in total. The molecule has 0 saturated heterocycles. The molecule has 4 rings (SSSR count). The van der Waals surface area contributed by atoms with E-state index in [-0.39, 0.29) is 18.5 Å². The first-order chi connectivity index (χ1) is 15.6. The van der Waals surface area contributed by atoms with Crippen molar-refractivity contribution in [1.82, 2.24) is 4.90 Å². The van der Waals surface area contributed by atoms with Gasteiger partial charge in [-0.25, -0.2) is 0 Å². The Balaban J connectivity index is 1.64. The molecule has 0 fully saturated rings. The van der Waals surface area contributed by atoms with Crippen LogP contribution in [0.25, 0.3) is 0 Å². The molecule has 3 aromatic carbocycles. The predicted octanol–water partition coefficient (Wildman–Crippen LogP) is 4.30. The summed E-state index contributed by atoms with van der Waals surface area (Å²) in [6.07, 6.45) is 0.825. The van der Waals surface area contributed by atoms with Gasteiger partial charge in [-0.3, -0.25) is 9.69 Å². The Kier molecular flexibility index (Phi) is 6.61. The molecule has 166 valence electrons. The van der Waals surface area contributed by atoms with Gasteiger partial charge in [0.2, 0.25) is 5.91 Å². The van der Waals surface area contributed by atoms with Gasteiger partial charge in [0.25, 0.3) is 0 Å². The van der Waals surface area contributed by atoms with E-state index >= 15 is 0 Å². The largest absolute Gasteiger partial charge is 0.497 e. The van der Waals surface area contributed by atoms with Crippen molar-refractivity contribution in [3.63, 3.8) is 0 Å². The van der Waals surface area contributed by atoms with Crippen LogP contribution < -0.4 is 19.5 Å². The van der Waals surface area contributed by atoms with E-state index in [1.54, 1.807) is 21.3 Å². The molecule has 32 heavy (non-hydrogen) atoms. The van der Waals surface area contributed by atoms with Gasteiger partial charge in [0, 0.05) is 18.3 Å². The van der Waals surface area contributed by atoms with Crippen molar-refractivity contribution in [2.75, 3.05) is 39.7 Å². The number of amides is 1. The molecule has 0 saturated carbocycles. The minimum atomic E-state index is -0.0666. The van der Waals surface area contributed by atoms with Crippen LogP contribution in [-0.2, 0) is 11.2 Å². The quantitative estimate of drug-likeness (QED) is 0.603. The van der Waals surface area contributed by atoms with E-state index in [2.05, 4.69) is 28.4 Å². The minimum absolute atomic E-state index is 0.0594. The summed E-state index contributed by atoms with van der Waals surface area (Å²) < 4.78 is 16.3. The molecular formula is C26H28N2O4. The van der Waals surface area contributed by atoms with E-state index in [1.165, 1.54) is 5.56 Å². The van der Waals surface area contributed by atoms with E-state index in [1.807, 2.05) is 48.5 Å². The Morgan fingerprint density at radius 3 is 2.41 bits per heavy atom. The third kappa shape index (κ3) is 4.55. The SMILES string of the molecule is COc1cccc(NC(=O)CN2CCc3cc(OC)c(OC)cc3[C@H]2c2ccccc2)c1. The van der Waals surface area contributed by atoms with Gasteiger partial charge in [0.15, 0.2) is 11.5 Å². The number of hydrogen-bond donors (Lipinski definition) is 1. The standard InChI is InChI=1S/C26H28N2O4/c1-30-21-11-7-10-20(15-21)27-25(29)17-28-13-12-19-14-23(31-2)24(32-3)16-22(19)26(28)18-8-5-4-6-9-18/h4-11,14-16,26H,12-13,17H2,1-3H3,(H,27,29)/t26-/m1/s1. The summed E-state index contributed by atoms with van der Waals surface area (Å²) in [6.45, 7) is 1.03. The molecule has 1 atom stereocenters. The molecule has 0 bridgehead atoms. The lowest BCUT2D eigenvalue weighted by Crippen LogP contribution is -2.41. The second-order valence-corrected chi connectivity index (χ2v) is 7.72. The van der Waals surface area contributed by atoms with Crippen molar-refractivity contribution < 1.29 is 19.0 Å². The number of nitrogens with one attached hydrogen (secondary N) is 1. The van der Waals surface area contributed by atoms with Crippen LogP contribution >= 0.6 is 0 Å². The van der Waals surface area contributed by atoms with Crippen LogP contribution in [0.15, 0.2) is 66.7 Å². The molecule has 1 amide bonds. The molecule has 1 aliphatic heterocycles. The van der Waals surface area contributed by atoms with Crippen LogP contribution in [0, 0.1) is 0 Å². The van der Waals surface area contributed by atoms with E-state index in [9.17, 15) is 4.79 Å². The zero-order chi connectivity index (χ0) is 22.5. The van der Waals surface area contributed by atoms with E-state index in [4.69, 9.17) is 14.2 Å². The second-order valence-electron chi connectivity index (χ2n) is 7.72. The summed E-state index contributed by atoms with van der Waals surface area (Å²) in [5.41, 5.74) is 4.19. The van der Waals surface area contributed by atoms with Gasteiger partial charge in [0.05, 0.1) is 33.9 Å². The summed E-state index contributed by atoms with van der Waals surface area (Å²) in [5, 5.41) is 3.00. The zero-order valence-corrected chi connectivity index (χ0v) is 18.6. The van der Waals surface area contributed by atoms with E-state index < -0.39 is 0 Å². The number of benzene rings is 3. The van der Waals surface area contributed by atoms with Gasteiger partial charge < -0.3 is 19.5 Å². The van der Waals surface area contributed by atoms with Crippen LogP contribution in [-0.4, -0.2) is 45.2 Å². The third-order valence-corrected chi connectivity index (χ3v) is 5.79. The highest BCUT2D eigenvalue weighted by atomic mass is 16.5. The van der Waals surface area contributed by atoms with Crippen LogP contribution in [0.3, 0.4) is 0 Å². The molecule has 0 spiro atoms. The van der Waals surface area contributed by atoms with Crippen molar-refractivity contribution in [2.24, 2.45) is 0 Å². The van der Waals surface area contributed by atoms with Crippen LogP contribution in [0.1, 0.15) is 22.7 Å². The first kappa shape index (κ1) is 21.7. The molecule has 0 radical (unpaired) electrons. The lowest BCUT2D eigenvalue weighted by Gasteiger charge is -2.37. The van der Waals surface area contributed by atoms with Crippen molar-refractivity contribution >= 4 is 11.6 Å². The number of ether oxygens (including phenoxy) is 3. The van der Waals surface area contributed by atoms with Gasteiger partial charge in [-0.1, -0.05) is 36.4 Å². The van der Waals surface area contributed by atoms with E-state index in [0.717, 1.165) is 35.5 Å². The second kappa shape index (κ2) is 9.75. The highest BCUT2D eigenvalue weighted by molar-refractivity contribution is 5.92. The average Bonchev–Trinajstić information content (AvgIpc) is 2.83. The Bertz CT molecular complexity index is 1080. The number of nitrogens with zero attached hydrogens (tertiary/aromatic N) is 1. The molecule has 1 aliphatic rings. The van der Waals surface area contributed by atoms with Crippen LogP contribution in [0.4, 0.5) is 5.69 Å². The molecule has 1 N–H and O–H groups in total. The highest BCUT2D eigenvalue weighted by Crippen LogP contribution is 2.40. The summed E-state index contributed by atoms with van der Waals surface area (Å²) in [6, 6.07) is 21.7. The summed E-state index contributed by atoms with van der Waals surface area (Å²) in [7, 11) is 4.90. The van der Waals surface area contributed by atoms with Gasteiger partial charge >= 0.3 is 0 Å². The summed E-state index contributed by atoms with van der Waals surface area (Å²) in [4.78, 5) is 15.2. The smallest absolute Gasteiger partial charge is 0.238 e. The Labute approximate surface area is 188 Å². The maximum atomic E-state index is 13.0. The van der Waals surface area contributed by atoms with Crippen molar-refractivity contribution in [3.8, 4) is 17.2 Å². The fourth-order valence-corrected chi connectivity index (χ4v) is 4.28. The summed E-state index contributed by atoms with van der Waals surface area (Å²) in [5.74, 6) is 2.05. The first-order valence-corrected chi connectivity index (χ1v) is 10.6. The van der Waals surface area contributed by atoms with Crippen molar-refractivity contribution in [1.29, 1.82) is 0 Å². The minimum Gasteiger partial charge on any atom is -0.497 e. The van der Waals surface area contributed by atoms with E-state index in [0.29, 0.717) is 11.5 Å². The fraction of sp³-hybridized carbons (Fsp3) is 0.269. The van der Waals surface area contributed by atoms with Gasteiger partial charge in [-0.2, -0.15) is 0 Å². The third-order valence-electron chi connectivity index (χ3n) is 5.79. The summed E-state index contributed by atoms with van der Waals surface area (Å²) >= 11 is 0. The number of methoxy groups -OCH3 is 3. The zero-order valence-electron chi connectivity index (χ0n) is 18.6. The number of rotatable bonds is 7. The number of carbonyl (C=O) groups is 1. The molecule has 1 heterocycles. The Hall–Kier alpha value is -3.51. The van der Waals surface area contributed by atoms with Crippen LogP contribution in [0.2, 0.25) is 0 Å². The molecule has 0 unspecified atom stereocenters. The highest BCUT2D eigenvalue weighted by Gasteiger charge is 2.31. The number of carbonyl (C=O) groups excluding carboxylic acids is 1. The average molecular weight is 433 g/mol. The van der Waals surface area contributed by atoms with Gasteiger partial charge in [-0.05, 0) is 47.4 Å². The number of anilines is 1. The van der Waals surface area contributed by atoms with Crippen LogP contribution in [0.5, 0.6) is 17.2 Å². The molecule has 0 aromatic heterocycles. The number of hydrogen-bond acceptors (Lipinski definition) is 5. The predicted molar refractivity (Wildman–Crippen MR) is 125 cm³/mol. The molecule has 3 aromatic rings. The first-order valence-electron chi connectivity index (χ1n) is 10.6. The van der Waals surface area contributed by atoms with Crippen molar-refractivity contribution in [3.05, 3.63) is 83.4 Å². The molecule has 6 heteroatoms. The fourth-order valence-electron chi connectivity index (χ4n) is 4.28. The Morgan fingerprint density at radius 2 is 1.69 bits per heavy atom. The molecule has 0 aliphatic carbocycles. The molecular weight excluding hydrogens is 404 g/mol. The van der Waals surface area contributed by atoms with Crippen molar-refractivity contribution in [2.45, 2.75) is 12.5 Å². The normalized spacial score (nSPS) is 15.5. The number of fused-ring (bicyclic) bond motifs is 1. The topological polar surface area (TPSA) is 60.0 Å². The maximum Gasteiger partial charge on any atom is 0.238 e. The van der Waals surface area contributed by atoms with Gasteiger partial charge in [-0.15, -0.1) is 0 Å². The van der Waals surface area contributed by atoms with Gasteiger partial charge in [0.1, 0.15) is 5.75 Å². The monoisotopic (exact) mass is 432 g/mol. The lowest BCUT2D eigenvalue weighted by molar-refractivity contribution is -0.117.